The molecule has 0 aliphatic carbocycles. The van der Waals surface area contributed by atoms with Crippen LogP contribution < -0.4 is 4.74 Å². The van der Waals surface area contributed by atoms with Gasteiger partial charge in [-0.25, -0.2) is 4.98 Å². The molecule has 0 N–H and O–H groups in total. The van der Waals surface area contributed by atoms with Crippen molar-refractivity contribution in [2.24, 2.45) is 0 Å². The number of thiazole rings is 1. The average Bonchev–Trinajstić information content (AvgIpc) is 2.50. The predicted molar refractivity (Wildman–Crippen MR) is 41.8 cm³/mol. The second-order valence-electron chi connectivity index (χ2n) is 1.92. The van der Waals surface area contributed by atoms with Gasteiger partial charge in [0, 0.05) is 0 Å². The van der Waals surface area contributed by atoms with Crippen LogP contribution in [0.4, 0.5) is 0 Å². The van der Waals surface area contributed by atoms with Gasteiger partial charge in [0.05, 0.1) is 23.5 Å². The normalized spacial score (nSPS) is 10.3. The zero-order valence-corrected chi connectivity index (χ0v) is 6.63. The standard InChI is InChI=1S/C6H5N3OS/c1-10-6-5-4(2-8-9-6)11-3-7-5/h2-3H,1H3. The summed E-state index contributed by atoms with van der Waals surface area (Å²) in [5.74, 6) is 0.490. The van der Waals surface area contributed by atoms with Crippen molar-refractivity contribution >= 4 is 21.6 Å². The molecule has 0 amide bonds. The molecule has 4 nitrogen and oxygen atoms in total. The Balaban J connectivity index is 2.79. The monoisotopic (exact) mass is 167 g/mol. The van der Waals surface area contributed by atoms with Crippen LogP contribution in [0.3, 0.4) is 0 Å². The molecule has 0 aromatic carbocycles. The largest absolute Gasteiger partial charge is 0.478 e. The van der Waals surface area contributed by atoms with Crippen molar-refractivity contribution in [2.75, 3.05) is 7.11 Å². The Morgan fingerprint density at radius 3 is 3.27 bits per heavy atom. The van der Waals surface area contributed by atoms with Crippen LogP contribution in [0, 0.1) is 0 Å². The topological polar surface area (TPSA) is 47.9 Å². The Labute approximate surface area is 66.9 Å². The van der Waals surface area contributed by atoms with E-state index >= 15 is 0 Å². The van der Waals surface area contributed by atoms with Gasteiger partial charge in [-0.2, -0.15) is 5.10 Å². The molecule has 2 aromatic rings. The van der Waals surface area contributed by atoms with Crippen LogP contribution in [0.1, 0.15) is 0 Å². The highest BCUT2D eigenvalue weighted by Gasteiger charge is 2.04. The van der Waals surface area contributed by atoms with E-state index in [1.54, 1.807) is 18.8 Å². The first-order chi connectivity index (χ1) is 5.42. The Morgan fingerprint density at radius 1 is 1.55 bits per heavy atom. The second-order valence-corrected chi connectivity index (χ2v) is 2.81. The number of aromatic nitrogens is 3. The highest BCUT2D eigenvalue weighted by molar-refractivity contribution is 7.16. The minimum atomic E-state index is 0.490. The quantitative estimate of drug-likeness (QED) is 0.638. The molecule has 56 valence electrons. The van der Waals surface area contributed by atoms with E-state index < -0.39 is 0 Å². The Hall–Kier alpha value is -1.23. The van der Waals surface area contributed by atoms with Crippen molar-refractivity contribution in [3.05, 3.63) is 11.7 Å². The number of rotatable bonds is 1. The molecular weight excluding hydrogens is 162 g/mol. The van der Waals surface area contributed by atoms with E-state index in [-0.39, 0.29) is 0 Å². The first-order valence-electron chi connectivity index (χ1n) is 3.00. The number of methoxy groups -OCH3 is 1. The van der Waals surface area contributed by atoms with E-state index in [0.29, 0.717) is 5.88 Å². The van der Waals surface area contributed by atoms with Crippen LogP contribution in [-0.2, 0) is 0 Å². The van der Waals surface area contributed by atoms with Gasteiger partial charge in [0.1, 0.15) is 5.52 Å². The smallest absolute Gasteiger partial charge is 0.260 e. The molecule has 11 heavy (non-hydrogen) atoms. The molecule has 2 heterocycles. The number of ether oxygens (including phenoxy) is 1. The average molecular weight is 167 g/mol. The minimum Gasteiger partial charge on any atom is -0.478 e. The number of nitrogens with zero attached hydrogens (tertiary/aromatic N) is 3. The summed E-state index contributed by atoms with van der Waals surface area (Å²) >= 11 is 1.52. The van der Waals surface area contributed by atoms with Crippen molar-refractivity contribution in [3.63, 3.8) is 0 Å². The van der Waals surface area contributed by atoms with Gasteiger partial charge in [-0.1, -0.05) is 0 Å². The zero-order valence-electron chi connectivity index (χ0n) is 5.81. The lowest BCUT2D eigenvalue weighted by molar-refractivity contribution is 0.397. The van der Waals surface area contributed by atoms with E-state index in [4.69, 9.17) is 4.74 Å². The Bertz CT molecular complexity index is 373. The van der Waals surface area contributed by atoms with Crippen molar-refractivity contribution in [1.82, 2.24) is 15.2 Å². The highest BCUT2D eigenvalue weighted by atomic mass is 32.1. The molecule has 0 aliphatic heterocycles. The van der Waals surface area contributed by atoms with Gasteiger partial charge in [-0.3, -0.25) is 0 Å². The fourth-order valence-corrected chi connectivity index (χ4v) is 1.46. The minimum absolute atomic E-state index is 0.490. The third-order valence-corrected chi connectivity index (χ3v) is 2.08. The molecule has 0 saturated carbocycles. The summed E-state index contributed by atoms with van der Waals surface area (Å²) in [4.78, 5) is 4.08. The Morgan fingerprint density at radius 2 is 2.45 bits per heavy atom. The van der Waals surface area contributed by atoms with Gasteiger partial charge >= 0.3 is 0 Å². The molecule has 2 aromatic heterocycles. The molecule has 0 fully saturated rings. The third-order valence-electron chi connectivity index (χ3n) is 1.31. The van der Waals surface area contributed by atoms with E-state index in [1.807, 2.05) is 0 Å². The van der Waals surface area contributed by atoms with Gasteiger partial charge in [-0.05, 0) is 0 Å². The van der Waals surface area contributed by atoms with Gasteiger partial charge < -0.3 is 4.74 Å². The predicted octanol–water partition coefficient (Wildman–Crippen LogP) is 1.09. The third kappa shape index (κ3) is 0.932. The summed E-state index contributed by atoms with van der Waals surface area (Å²) in [5, 5.41) is 7.52. The van der Waals surface area contributed by atoms with E-state index in [1.165, 1.54) is 11.3 Å². The lowest BCUT2D eigenvalue weighted by Gasteiger charge is -1.94. The van der Waals surface area contributed by atoms with Crippen LogP contribution in [0.25, 0.3) is 10.2 Å². The van der Waals surface area contributed by atoms with Crippen molar-refractivity contribution < 1.29 is 4.74 Å². The van der Waals surface area contributed by atoms with Crippen LogP contribution in [-0.4, -0.2) is 22.3 Å². The molecule has 2 rings (SSSR count). The molecular formula is C6H5N3OS. The van der Waals surface area contributed by atoms with Gasteiger partial charge in [-0.15, -0.1) is 16.4 Å². The van der Waals surface area contributed by atoms with Crippen LogP contribution in [0.2, 0.25) is 0 Å². The highest BCUT2D eigenvalue weighted by Crippen LogP contribution is 2.22. The maximum atomic E-state index is 4.96. The summed E-state index contributed by atoms with van der Waals surface area (Å²) in [6.45, 7) is 0. The zero-order chi connectivity index (χ0) is 7.68. The van der Waals surface area contributed by atoms with Crippen LogP contribution in [0.5, 0.6) is 5.88 Å². The molecule has 0 saturated heterocycles. The first kappa shape index (κ1) is 6.48. The molecule has 0 bridgehead atoms. The molecule has 0 radical (unpaired) electrons. The molecule has 0 spiro atoms. The van der Waals surface area contributed by atoms with Crippen molar-refractivity contribution in [1.29, 1.82) is 0 Å². The number of hydrogen-bond acceptors (Lipinski definition) is 5. The van der Waals surface area contributed by atoms with Crippen molar-refractivity contribution in [2.45, 2.75) is 0 Å². The SMILES string of the molecule is COc1nncc2scnc12. The van der Waals surface area contributed by atoms with E-state index in [2.05, 4.69) is 15.2 Å². The van der Waals surface area contributed by atoms with Gasteiger partial charge in [0.25, 0.3) is 5.88 Å². The number of fused-ring (bicyclic) bond motifs is 1. The molecule has 5 heteroatoms. The van der Waals surface area contributed by atoms with Crippen molar-refractivity contribution in [3.8, 4) is 5.88 Å². The summed E-state index contributed by atoms with van der Waals surface area (Å²) in [5.41, 5.74) is 2.53. The molecule has 0 atom stereocenters. The Kier molecular flexibility index (Phi) is 1.43. The molecule has 0 unspecified atom stereocenters. The van der Waals surface area contributed by atoms with Crippen LogP contribution in [0.15, 0.2) is 11.7 Å². The summed E-state index contributed by atoms with van der Waals surface area (Å²) < 4.78 is 5.95. The maximum Gasteiger partial charge on any atom is 0.260 e. The number of hydrogen-bond donors (Lipinski definition) is 0. The molecule has 0 aliphatic rings. The van der Waals surface area contributed by atoms with Crippen LogP contribution >= 0.6 is 11.3 Å². The fraction of sp³-hybridized carbons (Fsp3) is 0.167. The lowest BCUT2D eigenvalue weighted by Crippen LogP contribution is -1.89. The maximum absolute atomic E-state index is 4.96. The van der Waals surface area contributed by atoms with E-state index in [0.717, 1.165) is 10.2 Å². The lowest BCUT2D eigenvalue weighted by atomic mass is 10.5. The second kappa shape index (κ2) is 2.43. The van der Waals surface area contributed by atoms with Gasteiger partial charge in [0.2, 0.25) is 0 Å². The first-order valence-corrected chi connectivity index (χ1v) is 3.88. The summed E-state index contributed by atoms with van der Waals surface area (Å²) in [6.07, 6.45) is 1.68. The fourth-order valence-electron chi connectivity index (χ4n) is 0.826. The van der Waals surface area contributed by atoms with Gasteiger partial charge in [0.15, 0.2) is 0 Å². The summed E-state index contributed by atoms with van der Waals surface area (Å²) in [6, 6.07) is 0. The summed E-state index contributed by atoms with van der Waals surface area (Å²) in [7, 11) is 1.56. The van der Waals surface area contributed by atoms with E-state index in [9.17, 15) is 0 Å².